The van der Waals surface area contributed by atoms with Crippen LogP contribution in [0.3, 0.4) is 0 Å². The SMILES string of the molecule is CC(C)(C)CC(C)(C)C1(Cl)N=CNC(N)=N1. The first kappa shape index (κ1) is 13.3. The highest BCUT2D eigenvalue weighted by atomic mass is 35.5. The molecule has 1 rings (SSSR count). The molecule has 0 aromatic heterocycles. The van der Waals surface area contributed by atoms with Crippen molar-refractivity contribution in [1.82, 2.24) is 5.32 Å². The Morgan fingerprint density at radius 1 is 1.38 bits per heavy atom. The van der Waals surface area contributed by atoms with Crippen LogP contribution in [0.5, 0.6) is 0 Å². The van der Waals surface area contributed by atoms with Crippen LogP contribution in [0.4, 0.5) is 0 Å². The maximum atomic E-state index is 6.46. The number of hydrogen-bond donors (Lipinski definition) is 2. The van der Waals surface area contributed by atoms with E-state index in [2.05, 4.69) is 49.9 Å². The highest BCUT2D eigenvalue weighted by Crippen LogP contribution is 2.47. The van der Waals surface area contributed by atoms with Gasteiger partial charge in [-0.25, -0.2) is 9.98 Å². The van der Waals surface area contributed by atoms with Crippen LogP contribution in [0.25, 0.3) is 0 Å². The monoisotopic (exact) mass is 244 g/mol. The molecule has 3 N–H and O–H groups in total. The summed E-state index contributed by atoms with van der Waals surface area (Å²) in [5.41, 5.74) is 5.53. The molecule has 0 spiro atoms. The van der Waals surface area contributed by atoms with Crippen LogP contribution in [-0.4, -0.2) is 17.4 Å². The number of nitrogens with two attached hydrogens (primary N) is 1. The molecule has 1 unspecified atom stereocenters. The second-order valence-corrected chi connectivity index (χ2v) is 6.64. The van der Waals surface area contributed by atoms with E-state index in [1.54, 1.807) is 0 Å². The molecule has 1 aliphatic rings. The molecular weight excluding hydrogens is 224 g/mol. The Balaban J connectivity index is 2.98. The summed E-state index contributed by atoms with van der Waals surface area (Å²) in [5, 5.41) is 1.72. The van der Waals surface area contributed by atoms with Crippen LogP contribution in [0, 0.1) is 10.8 Å². The quantitative estimate of drug-likeness (QED) is 0.578. The van der Waals surface area contributed by atoms with Gasteiger partial charge in [0.1, 0.15) is 0 Å². The smallest absolute Gasteiger partial charge is 0.235 e. The van der Waals surface area contributed by atoms with Crippen molar-refractivity contribution in [2.75, 3.05) is 0 Å². The lowest BCUT2D eigenvalue weighted by Gasteiger charge is -2.41. The van der Waals surface area contributed by atoms with Crippen molar-refractivity contribution >= 4 is 23.9 Å². The number of hydrogen-bond acceptors (Lipinski definition) is 4. The van der Waals surface area contributed by atoms with Crippen molar-refractivity contribution < 1.29 is 0 Å². The number of aliphatic imine (C=N–C) groups is 2. The molecule has 0 saturated carbocycles. The van der Waals surface area contributed by atoms with Crippen molar-refractivity contribution in [3.8, 4) is 0 Å². The number of alkyl halides is 1. The number of guanidine groups is 1. The Morgan fingerprint density at radius 2 is 1.94 bits per heavy atom. The van der Waals surface area contributed by atoms with Crippen molar-refractivity contribution in [3.05, 3.63) is 0 Å². The lowest BCUT2D eigenvalue weighted by atomic mass is 9.74. The van der Waals surface area contributed by atoms with Gasteiger partial charge >= 0.3 is 0 Å². The molecule has 1 atom stereocenters. The molecule has 0 fully saturated rings. The third-order valence-electron chi connectivity index (χ3n) is 2.55. The summed E-state index contributed by atoms with van der Waals surface area (Å²) in [6, 6.07) is 0. The van der Waals surface area contributed by atoms with Gasteiger partial charge in [0.25, 0.3) is 0 Å². The predicted octanol–water partition coefficient (Wildman–Crippen LogP) is 2.29. The van der Waals surface area contributed by atoms with Crippen LogP contribution in [0.1, 0.15) is 41.0 Å². The van der Waals surface area contributed by atoms with Gasteiger partial charge < -0.3 is 11.1 Å². The number of halogens is 1. The summed E-state index contributed by atoms with van der Waals surface area (Å²) in [4.78, 5) is 8.45. The zero-order valence-electron chi connectivity index (χ0n) is 10.6. The van der Waals surface area contributed by atoms with E-state index >= 15 is 0 Å². The Morgan fingerprint density at radius 3 is 2.38 bits per heavy atom. The lowest BCUT2D eigenvalue weighted by Crippen LogP contribution is -2.46. The maximum Gasteiger partial charge on any atom is 0.235 e. The molecule has 0 amide bonds. The summed E-state index contributed by atoms with van der Waals surface area (Å²) in [6.45, 7) is 10.6. The molecular formula is C11H21ClN4. The van der Waals surface area contributed by atoms with E-state index in [0.29, 0.717) is 5.96 Å². The van der Waals surface area contributed by atoms with Gasteiger partial charge in [-0.3, -0.25) is 0 Å². The molecule has 0 saturated heterocycles. The van der Waals surface area contributed by atoms with Crippen molar-refractivity contribution in [3.63, 3.8) is 0 Å². The fourth-order valence-electron chi connectivity index (χ4n) is 2.17. The number of nitrogens with one attached hydrogen (secondary N) is 1. The fourth-order valence-corrected chi connectivity index (χ4v) is 2.38. The Labute approximate surface area is 102 Å². The molecule has 16 heavy (non-hydrogen) atoms. The van der Waals surface area contributed by atoms with Crippen LogP contribution >= 0.6 is 11.6 Å². The zero-order chi connectivity index (χ0) is 12.6. The normalized spacial score (nSPS) is 26.2. The van der Waals surface area contributed by atoms with Gasteiger partial charge in [-0.1, -0.05) is 46.2 Å². The van der Waals surface area contributed by atoms with E-state index in [1.807, 2.05) is 0 Å². The molecule has 0 aromatic carbocycles. The molecule has 1 aliphatic heterocycles. The summed E-state index contributed by atoms with van der Waals surface area (Å²) < 4.78 is 0. The average molecular weight is 245 g/mol. The van der Waals surface area contributed by atoms with E-state index in [1.165, 1.54) is 6.34 Å². The molecule has 0 aliphatic carbocycles. The van der Waals surface area contributed by atoms with E-state index in [-0.39, 0.29) is 10.8 Å². The van der Waals surface area contributed by atoms with Gasteiger partial charge in [0.2, 0.25) is 5.12 Å². The summed E-state index contributed by atoms with van der Waals surface area (Å²) in [5.74, 6) is 0.312. The minimum Gasteiger partial charge on any atom is -0.370 e. The van der Waals surface area contributed by atoms with Crippen molar-refractivity contribution in [1.29, 1.82) is 0 Å². The first-order valence-electron chi connectivity index (χ1n) is 5.40. The van der Waals surface area contributed by atoms with Crippen LogP contribution in [-0.2, 0) is 0 Å². The number of rotatable bonds is 2. The molecule has 0 bridgehead atoms. The minimum absolute atomic E-state index is 0.163. The Bertz CT molecular complexity index is 327. The van der Waals surface area contributed by atoms with E-state index in [0.717, 1.165) is 6.42 Å². The lowest BCUT2D eigenvalue weighted by molar-refractivity contribution is 0.157. The second-order valence-electron chi connectivity index (χ2n) is 6.11. The van der Waals surface area contributed by atoms with Gasteiger partial charge in [0.15, 0.2) is 5.96 Å². The molecule has 0 radical (unpaired) electrons. The van der Waals surface area contributed by atoms with E-state index in [9.17, 15) is 0 Å². The van der Waals surface area contributed by atoms with Gasteiger partial charge in [-0.15, -0.1) is 0 Å². The van der Waals surface area contributed by atoms with Crippen LogP contribution in [0.2, 0.25) is 0 Å². The standard InChI is InChI=1S/C11H21ClN4/c1-9(2,3)6-10(4,5)11(12)15-7-14-8(13)16-11/h7H,6H2,1-5H3,(H3,13,14,15,16). The molecule has 4 nitrogen and oxygen atoms in total. The molecule has 1 heterocycles. The third-order valence-corrected chi connectivity index (χ3v) is 3.24. The number of nitrogens with zero attached hydrogens (tertiary/aromatic N) is 2. The van der Waals surface area contributed by atoms with Crippen LogP contribution in [0.15, 0.2) is 9.98 Å². The molecule has 92 valence electrons. The Hall–Kier alpha value is -0.770. The maximum absolute atomic E-state index is 6.46. The Kier molecular flexibility index (Phi) is 3.25. The van der Waals surface area contributed by atoms with Crippen molar-refractivity contribution in [2.24, 2.45) is 26.5 Å². The zero-order valence-corrected chi connectivity index (χ0v) is 11.4. The highest BCUT2D eigenvalue weighted by Gasteiger charge is 2.46. The average Bonchev–Trinajstić information content (AvgIpc) is 1.97. The third kappa shape index (κ3) is 2.88. The second kappa shape index (κ2) is 3.91. The first-order valence-corrected chi connectivity index (χ1v) is 5.78. The minimum atomic E-state index is -1.00. The van der Waals surface area contributed by atoms with Crippen LogP contribution < -0.4 is 11.1 Å². The van der Waals surface area contributed by atoms with Gasteiger partial charge in [0.05, 0.1) is 6.34 Å². The largest absolute Gasteiger partial charge is 0.370 e. The topological polar surface area (TPSA) is 62.8 Å². The van der Waals surface area contributed by atoms with Gasteiger partial charge in [0, 0.05) is 5.41 Å². The fraction of sp³-hybridized carbons (Fsp3) is 0.818. The summed E-state index contributed by atoms with van der Waals surface area (Å²) >= 11 is 6.46. The van der Waals surface area contributed by atoms with Gasteiger partial charge in [-0.2, -0.15) is 0 Å². The summed E-state index contributed by atoms with van der Waals surface area (Å²) in [7, 11) is 0. The van der Waals surface area contributed by atoms with Gasteiger partial charge in [-0.05, 0) is 11.8 Å². The van der Waals surface area contributed by atoms with E-state index in [4.69, 9.17) is 17.3 Å². The van der Waals surface area contributed by atoms with Crippen molar-refractivity contribution in [2.45, 2.75) is 46.2 Å². The molecule has 0 aromatic rings. The van der Waals surface area contributed by atoms with E-state index < -0.39 is 5.12 Å². The first-order chi connectivity index (χ1) is 7.06. The molecule has 5 heteroatoms. The predicted molar refractivity (Wildman–Crippen MR) is 69.7 cm³/mol. The summed E-state index contributed by atoms with van der Waals surface area (Å²) in [6.07, 6.45) is 2.41. The highest BCUT2D eigenvalue weighted by molar-refractivity contribution is 6.25.